The number of benzene rings is 1. The van der Waals surface area contributed by atoms with Gasteiger partial charge < -0.3 is 14.7 Å². The predicted molar refractivity (Wildman–Crippen MR) is 101 cm³/mol. The lowest BCUT2D eigenvalue weighted by atomic mass is 9.99. The number of nitrogens with zero attached hydrogens (tertiary/aromatic N) is 2. The van der Waals surface area contributed by atoms with Crippen LogP contribution in [-0.4, -0.2) is 59.4 Å². The molecule has 1 atom stereocenters. The van der Waals surface area contributed by atoms with E-state index in [4.69, 9.17) is 4.74 Å². The number of piperazine rings is 1. The number of carbonyl (C=O) groups excluding carboxylic acids is 1. The first-order chi connectivity index (χ1) is 13.0. The Balaban J connectivity index is 1.78. The van der Waals surface area contributed by atoms with E-state index in [2.05, 4.69) is 16.7 Å². The van der Waals surface area contributed by atoms with Gasteiger partial charge in [-0.15, -0.1) is 0 Å². The molecule has 1 saturated carbocycles. The van der Waals surface area contributed by atoms with E-state index in [0.29, 0.717) is 51.2 Å². The SMILES string of the molecule is CCOC(=O)N1CCN([C@@H](C#CC2(O)CCCC2)c2ccccc2F)CC1. The first kappa shape index (κ1) is 19.7. The van der Waals surface area contributed by atoms with Crippen LogP contribution in [0.25, 0.3) is 0 Å². The lowest BCUT2D eigenvalue weighted by Crippen LogP contribution is -2.49. The molecule has 3 rings (SSSR count). The number of hydrogen-bond donors (Lipinski definition) is 1. The molecule has 0 radical (unpaired) electrons. The Bertz CT molecular complexity index is 714. The monoisotopic (exact) mass is 374 g/mol. The summed E-state index contributed by atoms with van der Waals surface area (Å²) >= 11 is 0. The average Bonchev–Trinajstić information content (AvgIpc) is 3.11. The number of hydrogen-bond acceptors (Lipinski definition) is 4. The summed E-state index contributed by atoms with van der Waals surface area (Å²) in [7, 11) is 0. The summed E-state index contributed by atoms with van der Waals surface area (Å²) in [5.74, 6) is 5.87. The molecule has 2 aliphatic rings. The zero-order chi connectivity index (χ0) is 19.3. The molecule has 1 aliphatic carbocycles. The number of halogens is 1. The maximum Gasteiger partial charge on any atom is 0.409 e. The smallest absolute Gasteiger partial charge is 0.409 e. The van der Waals surface area contributed by atoms with Crippen LogP contribution in [0.3, 0.4) is 0 Å². The Hall–Kier alpha value is -2.10. The van der Waals surface area contributed by atoms with Gasteiger partial charge in [-0.25, -0.2) is 9.18 Å². The van der Waals surface area contributed by atoms with Crippen LogP contribution < -0.4 is 0 Å². The summed E-state index contributed by atoms with van der Waals surface area (Å²) in [6, 6.07) is 6.19. The number of aliphatic hydroxyl groups is 1. The first-order valence-electron chi connectivity index (χ1n) is 9.68. The average molecular weight is 374 g/mol. The number of rotatable bonds is 3. The highest BCUT2D eigenvalue weighted by atomic mass is 19.1. The van der Waals surface area contributed by atoms with Crippen molar-refractivity contribution in [2.45, 2.75) is 44.2 Å². The number of ether oxygens (including phenoxy) is 1. The zero-order valence-electron chi connectivity index (χ0n) is 15.8. The van der Waals surface area contributed by atoms with Gasteiger partial charge in [0.2, 0.25) is 0 Å². The van der Waals surface area contributed by atoms with E-state index < -0.39 is 11.6 Å². The van der Waals surface area contributed by atoms with Gasteiger partial charge in [0.25, 0.3) is 0 Å². The van der Waals surface area contributed by atoms with E-state index in [1.54, 1.807) is 30.0 Å². The Kier molecular flexibility index (Phi) is 6.35. The third kappa shape index (κ3) is 4.79. The van der Waals surface area contributed by atoms with Crippen molar-refractivity contribution in [2.24, 2.45) is 0 Å². The summed E-state index contributed by atoms with van der Waals surface area (Å²) in [5.41, 5.74) is -0.452. The first-order valence-corrected chi connectivity index (χ1v) is 9.68. The van der Waals surface area contributed by atoms with E-state index in [1.165, 1.54) is 6.07 Å². The number of carbonyl (C=O) groups is 1. The van der Waals surface area contributed by atoms with Gasteiger partial charge in [0, 0.05) is 31.7 Å². The molecule has 1 aromatic rings. The second-order valence-electron chi connectivity index (χ2n) is 7.15. The van der Waals surface area contributed by atoms with Gasteiger partial charge in [0.1, 0.15) is 17.5 Å². The molecule has 27 heavy (non-hydrogen) atoms. The molecular weight excluding hydrogens is 347 g/mol. The van der Waals surface area contributed by atoms with Crippen molar-refractivity contribution >= 4 is 6.09 Å². The van der Waals surface area contributed by atoms with Crippen molar-refractivity contribution < 1.29 is 19.0 Å². The van der Waals surface area contributed by atoms with Crippen LogP contribution in [0.2, 0.25) is 0 Å². The topological polar surface area (TPSA) is 53.0 Å². The van der Waals surface area contributed by atoms with Crippen LogP contribution in [0.5, 0.6) is 0 Å². The third-order valence-electron chi connectivity index (χ3n) is 5.28. The van der Waals surface area contributed by atoms with Gasteiger partial charge in [0.05, 0.1) is 6.61 Å². The Morgan fingerprint density at radius 1 is 1.26 bits per heavy atom. The molecule has 0 aromatic heterocycles. The second kappa shape index (κ2) is 8.73. The van der Waals surface area contributed by atoms with Gasteiger partial charge in [0.15, 0.2) is 0 Å². The minimum atomic E-state index is -0.962. The highest BCUT2D eigenvalue weighted by molar-refractivity contribution is 5.67. The molecule has 5 nitrogen and oxygen atoms in total. The van der Waals surface area contributed by atoms with Crippen LogP contribution in [0.4, 0.5) is 9.18 Å². The molecule has 1 aliphatic heterocycles. The Morgan fingerprint density at radius 2 is 1.93 bits per heavy atom. The van der Waals surface area contributed by atoms with E-state index in [-0.39, 0.29) is 11.9 Å². The van der Waals surface area contributed by atoms with Gasteiger partial charge >= 0.3 is 6.09 Å². The molecule has 0 spiro atoms. The molecule has 1 heterocycles. The Morgan fingerprint density at radius 3 is 2.56 bits per heavy atom. The maximum absolute atomic E-state index is 14.5. The Labute approximate surface area is 160 Å². The molecule has 1 N–H and O–H groups in total. The minimum Gasteiger partial charge on any atom is -0.450 e. The molecule has 2 fully saturated rings. The summed E-state index contributed by atoms with van der Waals surface area (Å²) in [6.07, 6.45) is 2.95. The van der Waals surface area contributed by atoms with Crippen molar-refractivity contribution in [3.8, 4) is 11.8 Å². The molecule has 146 valence electrons. The molecule has 6 heteroatoms. The van der Waals surface area contributed by atoms with Crippen LogP contribution in [0.1, 0.15) is 44.2 Å². The standard InChI is InChI=1S/C21H27FN2O3/c1-2-27-20(25)24-15-13-23(14-16-24)19(17-7-3-4-8-18(17)22)9-12-21(26)10-5-6-11-21/h3-4,7-8,19,26H,2,5-6,10-11,13-16H2,1H3/t19-/m0/s1. The highest BCUT2D eigenvalue weighted by Gasteiger charge is 2.31. The van der Waals surface area contributed by atoms with Crippen molar-refractivity contribution in [3.63, 3.8) is 0 Å². The fraction of sp³-hybridized carbons (Fsp3) is 0.571. The van der Waals surface area contributed by atoms with Gasteiger partial charge in [-0.2, -0.15) is 0 Å². The van der Waals surface area contributed by atoms with E-state index >= 15 is 0 Å². The van der Waals surface area contributed by atoms with E-state index in [1.807, 2.05) is 0 Å². The van der Waals surface area contributed by atoms with E-state index in [0.717, 1.165) is 12.8 Å². The van der Waals surface area contributed by atoms with Crippen molar-refractivity contribution in [2.75, 3.05) is 32.8 Å². The molecule has 1 amide bonds. The van der Waals surface area contributed by atoms with Crippen LogP contribution in [0, 0.1) is 17.7 Å². The maximum atomic E-state index is 14.5. The summed E-state index contributed by atoms with van der Waals surface area (Å²) < 4.78 is 19.5. The minimum absolute atomic E-state index is 0.303. The van der Waals surface area contributed by atoms with E-state index in [9.17, 15) is 14.3 Å². The summed E-state index contributed by atoms with van der Waals surface area (Å²) in [5, 5.41) is 10.6. The predicted octanol–water partition coefficient (Wildman–Crippen LogP) is 2.95. The van der Waals surface area contributed by atoms with Crippen LogP contribution >= 0.6 is 0 Å². The molecule has 1 saturated heterocycles. The lowest BCUT2D eigenvalue weighted by molar-refractivity contribution is 0.0728. The second-order valence-corrected chi connectivity index (χ2v) is 7.15. The van der Waals surface area contributed by atoms with Crippen molar-refractivity contribution in [1.29, 1.82) is 0 Å². The quantitative estimate of drug-likeness (QED) is 0.827. The normalized spacial score (nSPS) is 20.6. The third-order valence-corrected chi connectivity index (χ3v) is 5.28. The van der Waals surface area contributed by atoms with Gasteiger partial charge in [-0.3, -0.25) is 4.90 Å². The van der Waals surface area contributed by atoms with Crippen LogP contribution in [-0.2, 0) is 4.74 Å². The van der Waals surface area contributed by atoms with Gasteiger partial charge in [-0.1, -0.05) is 30.0 Å². The molecule has 0 bridgehead atoms. The summed E-state index contributed by atoms with van der Waals surface area (Å²) in [6.45, 7) is 4.30. The largest absolute Gasteiger partial charge is 0.450 e. The number of amides is 1. The zero-order valence-corrected chi connectivity index (χ0v) is 15.8. The van der Waals surface area contributed by atoms with Gasteiger partial charge in [-0.05, 0) is 38.7 Å². The van der Waals surface area contributed by atoms with Crippen LogP contribution in [0.15, 0.2) is 24.3 Å². The summed E-state index contributed by atoms with van der Waals surface area (Å²) in [4.78, 5) is 15.6. The molecule has 1 aromatic carbocycles. The van der Waals surface area contributed by atoms with Crippen molar-refractivity contribution in [3.05, 3.63) is 35.6 Å². The van der Waals surface area contributed by atoms with Crippen molar-refractivity contribution in [1.82, 2.24) is 9.80 Å². The lowest BCUT2D eigenvalue weighted by Gasteiger charge is -2.37. The fourth-order valence-electron chi connectivity index (χ4n) is 3.73. The highest BCUT2D eigenvalue weighted by Crippen LogP contribution is 2.30. The molecular formula is C21H27FN2O3. The fourth-order valence-corrected chi connectivity index (χ4v) is 3.73. The molecule has 0 unspecified atom stereocenters.